The fourth-order valence-corrected chi connectivity index (χ4v) is 5.19. The zero-order chi connectivity index (χ0) is 14.8. The second-order valence-electron chi connectivity index (χ2n) is 5.50. The van der Waals surface area contributed by atoms with Crippen LogP contribution in [0.15, 0.2) is 10.3 Å². The normalized spacial score (nSPS) is 21.2. The van der Waals surface area contributed by atoms with Crippen LogP contribution in [0.25, 0.3) is 0 Å². The van der Waals surface area contributed by atoms with Crippen molar-refractivity contribution in [1.29, 1.82) is 0 Å². The van der Waals surface area contributed by atoms with E-state index in [0.717, 1.165) is 36.4 Å². The number of thiophene rings is 1. The van der Waals surface area contributed by atoms with E-state index in [0.29, 0.717) is 23.2 Å². The second kappa shape index (κ2) is 6.53. The summed E-state index contributed by atoms with van der Waals surface area (Å²) in [6.45, 7) is 4.86. The third-order valence-electron chi connectivity index (χ3n) is 3.73. The van der Waals surface area contributed by atoms with Gasteiger partial charge in [0.05, 0.1) is 0 Å². The Morgan fingerprint density at radius 2 is 2.30 bits per heavy atom. The summed E-state index contributed by atoms with van der Waals surface area (Å²) in [4.78, 5) is 3.19. The van der Waals surface area contributed by atoms with Crippen molar-refractivity contribution in [2.75, 3.05) is 26.7 Å². The van der Waals surface area contributed by atoms with Crippen molar-refractivity contribution >= 4 is 21.4 Å². The minimum atomic E-state index is -3.39. The van der Waals surface area contributed by atoms with Gasteiger partial charge in [-0.25, -0.2) is 13.1 Å². The number of nitrogens with two attached hydrogens (primary N) is 1. The van der Waals surface area contributed by atoms with E-state index in [4.69, 9.17) is 5.73 Å². The van der Waals surface area contributed by atoms with E-state index in [1.54, 1.807) is 6.07 Å². The fraction of sp³-hybridized carbons (Fsp3) is 0.692. The summed E-state index contributed by atoms with van der Waals surface area (Å²) in [5.41, 5.74) is 6.56. The number of sulfonamides is 1. The summed E-state index contributed by atoms with van der Waals surface area (Å²) in [6, 6.07) is 1.71. The summed E-state index contributed by atoms with van der Waals surface area (Å²) in [6.07, 6.45) is 2.22. The third kappa shape index (κ3) is 3.79. The van der Waals surface area contributed by atoms with Crippen LogP contribution in [-0.4, -0.2) is 40.0 Å². The van der Waals surface area contributed by atoms with Crippen molar-refractivity contribution in [1.82, 2.24) is 9.62 Å². The maximum atomic E-state index is 12.3. The van der Waals surface area contributed by atoms with Gasteiger partial charge in [0.15, 0.2) is 0 Å². The number of rotatable bonds is 5. The lowest BCUT2D eigenvalue weighted by atomic mass is 9.99. The van der Waals surface area contributed by atoms with Crippen molar-refractivity contribution in [2.45, 2.75) is 30.5 Å². The first kappa shape index (κ1) is 15.9. The van der Waals surface area contributed by atoms with Gasteiger partial charge in [-0.15, -0.1) is 11.3 Å². The minimum absolute atomic E-state index is 0.375. The Balaban J connectivity index is 1.99. The van der Waals surface area contributed by atoms with Crippen LogP contribution in [0.3, 0.4) is 0 Å². The molecule has 114 valence electrons. The van der Waals surface area contributed by atoms with Crippen LogP contribution in [0.2, 0.25) is 0 Å². The van der Waals surface area contributed by atoms with Gasteiger partial charge in [0.25, 0.3) is 0 Å². The Morgan fingerprint density at radius 3 is 2.90 bits per heavy atom. The van der Waals surface area contributed by atoms with E-state index in [1.165, 1.54) is 11.3 Å². The molecule has 2 heterocycles. The molecule has 2 rings (SSSR count). The largest absolute Gasteiger partial charge is 0.326 e. The van der Waals surface area contributed by atoms with Gasteiger partial charge in [-0.2, -0.15) is 0 Å². The topological polar surface area (TPSA) is 75.4 Å². The number of aryl methyl sites for hydroxylation is 1. The molecular weight excluding hydrogens is 294 g/mol. The van der Waals surface area contributed by atoms with Gasteiger partial charge in [0.1, 0.15) is 4.21 Å². The highest BCUT2D eigenvalue weighted by Gasteiger charge is 2.22. The zero-order valence-corrected chi connectivity index (χ0v) is 13.7. The molecule has 0 radical (unpaired) electrons. The molecule has 1 aromatic heterocycles. The molecule has 1 unspecified atom stereocenters. The first-order chi connectivity index (χ1) is 9.42. The number of nitrogens with one attached hydrogen (secondary N) is 1. The van der Waals surface area contributed by atoms with Crippen LogP contribution in [0.1, 0.15) is 23.3 Å². The van der Waals surface area contributed by atoms with Crippen LogP contribution >= 0.6 is 11.3 Å². The predicted molar refractivity (Wildman–Crippen MR) is 82.4 cm³/mol. The molecule has 7 heteroatoms. The van der Waals surface area contributed by atoms with E-state index in [2.05, 4.69) is 16.7 Å². The number of nitrogens with zero attached hydrogens (tertiary/aromatic N) is 1. The average molecular weight is 317 g/mol. The molecule has 0 amide bonds. The standard InChI is InChI=1S/C13H23N3O2S2/c1-10-6-13(19-12(10)7-14)20(17,18)15-8-11-4-3-5-16(2)9-11/h6,11,15H,3-5,7-9,14H2,1-2H3. The molecular formula is C13H23N3O2S2. The van der Waals surface area contributed by atoms with Gasteiger partial charge in [-0.3, -0.25) is 0 Å². The van der Waals surface area contributed by atoms with Crippen LogP contribution in [0.4, 0.5) is 0 Å². The molecule has 1 saturated heterocycles. The number of likely N-dealkylation sites (tertiary alicyclic amines) is 1. The van der Waals surface area contributed by atoms with Crippen LogP contribution < -0.4 is 10.5 Å². The Hall–Kier alpha value is -0.470. The molecule has 0 aromatic carbocycles. The van der Waals surface area contributed by atoms with E-state index in [1.807, 2.05) is 6.92 Å². The molecule has 1 fully saturated rings. The molecule has 1 atom stereocenters. The van der Waals surface area contributed by atoms with E-state index in [9.17, 15) is 8.42 Å². The van der Waals surface area contributed by atoms with Crippen molar-refractivity contribution in [3.63, 3.8) is 0 Å². The maximum absolute atomic E-state index is 12.3. The van der Waals surface area contributed by atoms with Gasteiger partial charge in [0.2, 0.25) is 10.0 Å². The van der Waals surface area contributed by atoms with Crippen molar-refractivity contribution in [3.05, 3.63) is 16.5 Å². The molecule has 0 saturated carbocycles. The number of hydrogen-bond donors (Lipinski definition) is 2. The molecule has 3 N–H and O–H groups in total. The first-order valence-electron chi connectivity index (χ1n) is 6.90. The molecule has 1 aromatic rings. The number of hydrogen-bond acceptors (Lipinski definition) is 5. The molecule has 1 aliphatic rings. The van der Waals surface area contributed by atoms with Crippen LogP contribution in [0.5, 0.6) is 0 Å². The lowest BCUT2D eigenvalue weighted by Crippen LogP contribution is -2.38. The van der Waals surface area contributed by atoms with Gasteiger partial charge >= 0.3 is 0 Å². The quantitative estimate of drug-likeness (QED) is 0.854. The van der Waals surface area contributed by atoms with Crippen molar-refractivity contribution in [3.8, 4) is 0 Å². The van der Waals surface area contributed by atoms with Gasteiger partial charge in [-0.05, 0) is 50.9 Å². The maximum Gasteiger partial charge on any atom is 0.250 e. The summed E-state index contributed by atoms with van der Waals surface area (Å²) in [5.74, 6) is 0.401. The fourth-order valence-electron chi connectivity index (χ4n) is 2.56. The molecule has 5 nitrogen and oxygen atoms in total. The Kier molecular flexibility index (Phi) is 5.19. The first-order valence-corrected chi connectivity index (χ1v) is 9.20. The summed E-state index contributed by atoms with van der Waals surface area (Å²) in [7, 11) is -1.31. The smallest absolute Gasteiger partial charge is 0.250 e. The van der Waals surface area contributed by atoms with E-state index < -0.39 is 10.0 Å². The van der Waals surface area contributed by atoms with Crippen LogP contribution in [-0.2, 0) is 16.6 Å². The van der Waals surface area contributed by atoms with E-state index >= 15 is 0 Å². The molecule has 20 heavy (non-hydrogen) atoms. The highest BCUT2D eigenvalue weighted by atomic mass is 32.2. The lowest BCUT2D eigenvalue weighted by molar-refractivity contribution is 0.211. The predicted octanol–water partition coefficient (Wildman–Crippen LogP) is 1.14. The molecule has 0 spiro atoms. The molecule has 0 bridgehead atoms. The highest BCUT2D eigenvalue weighted by molar-refractivity contribution is 7.91. The number of piperidine rings is 1. The van der Waals surface area contributed by atoms with Gasteiger partial charge in [-0.1, -0.05) is 0 Å². The SMILES string of the molecule is Cc1cc(S(=O)(=O)NCC2CCCN(C)C2)sc1CN. The Bertz CT molecular complexity index is 554. The summed E-state index contributed by atoms with van der Waals surface area (Å²) in [5, 5.41) is 0. The van der Waals surface area contributed by atoms with Gasteiger partial charge in [0, 0.05) is 24.5 Å². The Morgan fingerprint density at radius 1 is 1.55 bits per heavy atom. The third-order valence-corrected chi connectivity index (χ3v) is 6.89. The minimum Gasteiger partial charge on any atom is -0.326 e. The lowest BCUT2D eigenvalue weighted by Gasteiger charge is -2.29. The highest BCUT2D eigenvalue weighted by Crippen LogP contribution is 2.25. The summed E-state index contributed by atoms with van der Waals surface area (Å²) >= 11 is 1.27. The second-order valence-corrected chi connectivity index (χ2v) is 8.63. The molecule has 1 aliphatic heterocycles. The molecule has 0 aliphatic carbocycles. The van der Waals surface area contributed by atoms with E-state index in [-0.39, 0.29) is 0 Å². The average Bonchev–Trinajstić information content (AvgIpc) is 2.79. The Labute approximate surface area is 125 Å². The van der Waals surface area contributed by atoms with Crippen molar-refractivity contribution < 1.29 is 8.42 Å². The van der Waals surface area contributed by atoms with Crippen molar-refractivity contribution in [2.24, 2.45) is 11.7 Å². The summed E-state index contributed by atoms with van der Waals surface area (Å²) < 4.78 is 27.7. The zero-order valence-electron chi connectivity index (χ0n) is 12.1. The van der Waals surface area contributed by atoms with Gasteiger partial charge < -0.3 is 10.6 Å². The van der Waals surface area contributed by atoms with Crippen LogP contribution in [0, 0.1) is 12.8 Å². The monoisotopic (exact) mass is 317 g/mol.